The van der Waals surface area contributed by atoms with Crippen molar-refractivity contribution in [1.29, 1.82) is 0 Å². The number of fused-ring (bicyclic) bond motifs is 1. The molecule has 2 rings (SSSR count). The number of benzene rings is 1. The largest absolute Gasteiger partial charge is 0.271 e. The maximum atomic E-state index is 5.69. The van der Waals surface area contributed by atoms with Crippen LogP contribution in [-0.4, -0.2) is 11.8 Å². The molecule has 2 nitrogen and oxygen atoms in total. The first kappa shape index (κ1) is 12.0. The highest BCUT2D eigenvalue weighted by molar-refractivity contribution is 7.99. The lowest BCUT2D eigenvalue weighted by atomic mass is 9.90. The van der Waals surface area contributed by atoms with E-state index in [1.807, 2.05) is 11.8 Å². The van der Waals surface area contributed by atoms with Gasteiger partial charge in [-0.25, -0.2) is 0 Å². The van der Waals surface area contributed by atoms with Gasteiger partial charge < -0.3 is 0 Å². The van der Waals surface area contributed by atoms with Crippen LogP contribution in [0.3, 0.4) is 0 Å². The van der Waals surface area contributed by atoms with Crippen LogP contribution in [0.2, 0.25) is 0 Å². The zero-order valence-electron chi connectivity index (χ0n) is 9.78. The van der Waals surface area contributed by atoms with E-state index in [-0.39, 0.29) is 0 Å². The van der Waals surface area contributed by atoms with Crippen LogP contribution in [0.5, 0.6) is 0 Å². The van der Waals surface area contributed by atoms with Gasteiger partial charge in [0, 0.05) is 22.6 Å². The van der Waals surface area contributed by atoms with Crippen LogP contribution >= 0.6 is 11.8 Å². The normalized spacial score (nSPS) is 20.8. The standard InChI is InChI=1S/C13H20N2S/c1-2-3-7-12(15-14)11-9-16-13-8-5-4-6-10(11)13/h4-6,8,11-12,15H,2-3,7,9,14H2,1H3. The third-order valence-corrected chi connectivity index (χ3v) is 4.51. The van der Waals surface area contributed by atoms with Gasteiger partial charge in [-0.1, -0.05) is 38.0 Å². The summed E-state index contributed by atoms with van der Waals surface area (Å²) in [6, 6.07) is 9.14. The third kappa shape index (κ3) is 2.42. The molecule has 0 radical (unpaired) electrons. The number of rotatable bonds is 5. The van der Waals surface area contributed by atoms with E-state index >= 15 is 0 Å². The van der Waals surface area contributed by atoms with E-state index in [9.17, 15) is 0 Å². The average Bonchev–Trinajstić information content (AvgIpc) is 2.75. The van der Waals surface area contributed by atoms with Crippen molar-refractivity contribution in [2.75, 3.05) is 5.75 Å². The molecule has 1 aliphatic rings. The number of nitrogens with two attached hydrogens (primary N) is 1. The number of thioether (sulfide) groups is 1. The minimum Gasteiger partial charge on any atom is -0.271 e. The Morgan fingerprint density at radius 1 is 1.50 bits per heavy atom. The van der Waals surface area contributed by atoms with Gasteiger partial charge in [0.25, 0.3) is 0 Å². The molecule has 1 heterocycles. The number of hydrazine groups is 1. The van der Waals surface area contributed by atoms with Crippen molar-refractivity contribution < 1.29 is 0 Å². The lowest BCUT2D eigenvalue weighted by molar-refractivity contribution is 0.425. The Hall–Kier alpha value is -0.510. The quantitative estimate of drug-likeness (QED) is 0.610. The molecule has 2 unspecified atom stereocenters. The molecular formula is C13H20N2S. The molecule has 3 heteroatoms. The predicted octanol–water partition coefficient (Wildman–Crippen LogP) is 2.90. The maximum Gasteiger partial charge on any atom is 0.0287 e. The second-order valence-electron chi connectivity index (χ2n) is 4.37. The van der Waals surface area contributed by atoms with Crippen molar-refractivity contribution in [2.45, 2.75) is 43.0 Å². The fourth-order valence-corrected chi connectivity index (χ4v) is 3.68. The van der Waals surface area contributed by atoms with Crippen LogP contribution in [0.25, 0.3) is 0 Å². The molecule has 1 aromatic carbocycles. The number of nitrogens with one attached hydrogen (secondary N) is 1. The highest BCUT2D eigenvalue weighted by atomic mass is 32.2. The fourth-order valence-electron chi connectivity index (χ4n) is 2.35. The summed E-state index contributed by atoms with van der Waals surface area (Å²) in [5.74, 6) is 7.44. The molecule has 0 saturated carbocycles. The van der Waals surface area contributed by atoms with E-state index in [0.717, 1.165) is 5.75 Å². The zero-order valence-corrected chi connectivity index (χ0v) is 10.6. The zero-order chi connectivity index (χ0) is 11.4. The SMILES string of the molecule is CCCCC(NN)C1CSc2ccccc21. The van der Waals surface area contributed by atoms with Gasteiger partial charge in [-0.15, -0.1) is 11.8 Å². The summed E-state index contributed by atoms with van der Waals surface area (Å²) in [4.78, 5) is 1.43. The molecule has 2 atom stereocenters. The van der Waals surface area contributed by atoms with Gasteiger partial charge in [0.1, 0.15) is 0 Å². The summed E-state index contributed by atoms with van der Waals surface area (Å²) in [5, 5.41) is 0. The van der Waals surface area contributed by atoms with Gasteiger partial charge in [-0.2, -0.15) is 0 Å². The van der Waals surface area contributed by atoms with Crippen LogP contribution in [0.4, 0.5) is 0 Å². The number of hydrogen-bond donors (Lipinski definition) is 2. The van der Waals surface area contributed by atoms with E-state index in [0.29, 0.717) is 12.0 Å². The Balaban J connectivity index is 2.10. The van der Waals surface area contributed by atoms with Crippen molar-refractivity contribution >= 4 is 11.8 Å². The molecule has 3 N–H and O–H groups in total. The maximum absolute atomic E-state index is 5.69. The molecule has 0 amide bonds. The highest BCUT2D eigenvalue weighted by Gasteiger charge is 2.28. The van der Waals surface area contributed by atoms with E-state index in [1.54, 1.807) is 0 Å². The summed E-state index contributed by atoms with van der Waals surface area (Å²) in [7, 11) is 0. The van der Waals surface area contributed by atoms with Crippen LogP contribution in [0, 0.1) is 0 Å². The van der Waals surface area contributed by atoms with E-state index in [4.69, 9.17) is 5.84 Å². The predicted molar refractivity (Wildman–Crippen MR) is 70.5 cm³/mol. The van der Waals surface area contributed by atoms with Crippen LogP contribution in [-0.2, 0) is 0 Å². The summed E-state index contributed by atoms with van der Waals surface area (Å²) < 4.78 is 0. The molecule has 1 aliphatic heterocycles. The third-order valence-electron chi connectivity index (χ3n) is 3.31. The van der Waals surface area contributed by atoms with Crippen molar-refractivity contribution in [2.24, 2.45) is 5.84 Å². The van der Waals surface area contributed by atoms with Crippen molar-refractivity contribution in [1.82, 2.24) is 5.43 Å². The Bertz CT molecular complexity index is 340. The monoisotopic (exact) mass is 236 g/mol. The van der Waals surface area contributed by atoms with Gasteiger partial charge in [-0.3, -0.25) is 11.3 Å². The average molecular weight is 236 g/mol. The second kappa shape index (κ2) is 5.71. The Kier molecular flexibility index (Phi) is 4.27. The van der Waals surface area contributed by atoms with Crippen LogP contribution < -0.4 is 11.3 Å². The smallest absolute Gasteiger partial charge is 0.0287 e. The lowest BCUT2D eigenvalue weighted by Crippen LogP contribution is -2.39. The minimum absolute atomic E-state index is 0.427. The first-order valence-electron chi connectivity index (χ1n) is 6.04. The first-order chi connectivity index (χ1) is 7.86. The van der Waals surface area contributed by atoms with Crippen molar-refractivity contribution in [3.8, 4) is 0 Å². The van der Waals surface area contributed by atoms with Crippen LogP contribution in [0.1, 0.15) is 37.7 Å². The van der Waals surface area contributed by atoms with Crippen molar-refractivity contribution in [3.63, 3.8) is 0 Å². The fraction of sp³-hybridized carbons (Fsp3) is 0.538. The molecule has 1 aromatic rings. The van der Waals surface area contributed by atoms with E-state index < -0.39 is 0 Å². The summed E-state index contributed by atoms with van der Waals surface area (Å²) in [6.07, 6.45) is 3.66. The van der Waals surface area contributed by atoms with Gasteiger partial charge in [0.05, 0.1) is 0 Å². The number of hydrogen-bond acceptors (Lipinski definition) is 3. The molecule has 0 fully saturated rings. The Labute approximate surface area is 102 Å². The van der Waals surface area contributed by atoms with Gasteiger partial charge in [0.2, 0.25) is 0 Å². The molecule has 0 aliphatic carbocycles. The molecule has 0 bridgehead atoms. The molecule has 0 spiro atoms. The molecule has 16 heavy (non-hydrogen) atoms. The van der Waals surface area contributed by atoms with Crippen molar-refractivity contribution in [3.05, 3.63) is 29.8 Å². The van der Waals surface area contributed by atoms with Gasteiger partial charge >= 0.3 is 0 Å². The minimum atomic E-state index is 0.427. The molecular weight excluding hydrogens is 216 g/mol. The van der Waals surface area contributed by atoms with E-state index in [1.165, 1.54) is 29.7 Å². The Morgan fingerprint density at radius 3 is 3.06 bits per heavy atom. The summed E-state index contributed by atoms with van der Waals surface area (Å²) in [5.41, 5.74) is 4.48. The Morgan fingerprint density at radius 2 is 2.31 bits per heavy atom. The highest BCUT2D eigenvalue weighted by Crippen LogP contribution is 2.41. The first-order valence-corrected chi connectivity index (χ1v) is 7.03. The van der Waals surface area contributed by atoms with Gasteiger partial charge in [0.15, 0.2) is 0 Å². The molecule has 0 saturated heterocycles. The van der Waals surface area contributed by atoms with Gasteiger partial charge in [-0.05, 0) is 18.1 Å². The van der Waals surface area contributed by atoms with Crippen LogP contribution in [0.15, 0.2) is 29.2 Å². The topological polar surface area (TPSA) is 38.0 Å². The van der Waals surface area contributed by atoms with E-state index in [2.05, 4.69) is 36.6 Å². The molecule has 0 aromatic heterocycles. The summed E-state index contributed by atoms with van der Waals surface area (Å²) in [6.45, 7) is 2.23. The number of unbranched alkanes of at least 4 members (excludes halogenated alkanes) is 1. The summed E-state index contributed by atoms with van der Waals surface area (Å²) >= 11 is 1.96. The second-order valence-corrected chi connectivity index (χ2v) is 5.43. The lowest BCUT2D eigenvalue weighted by Gasteiger charge is -2.22. The molecule has 88 valence electrons.